The van der Waals surface area contributed by atoms with Crippen molar-refractivity contribution in [1.29, 1.82) is 5.26 Å². The van der Waals surface area contributed by atoms with E-state index in [1.807, 2.05) is 37.3 Å². The molecule has 106 valence electrons. The van der Waals surface area contributed by atoms with Gasteiger partial charge in [-0.15, -0.1) is 0 Å². The van der Waals surface area contributed by atoms with E-state index in [0.29, 0.717) is 15.9 Å². The molecule has 0 spiro atoms. The second kappa shape index (κ2) is 6.33. The number of aromatic amines is 1. The highest BCUT2D eigenvalue weighted by atomic mass is 32.1. The first-order valence-corrected chi connectivity index (χ1v) is 6.89. The average Bonchev–Trinajstić information content (AvgIpc) is 2.47. The van der Waals surface area contributed by atoms with Gasteiger partial charge < -0.3 is 9.72 Å². The molecule has 1 heterocycles. The molecule has 0 fully saturated rings. The van der Waals surface area contributed by atoms with Gasteiger partial charge in [-0.25, -0.2) is 4.79 Å². The molecular weight excluding hydrogens is 284 g/mol. The number of nitriles is 1. The van der Waals surface area contributed by atoms with Crippen molar-refractivity contribution in [2.75, 3.05) is 6.61 Å². The van der Waals surface area contributed by atoms with Crippen LogP contribution in [0.2, 0.25) is 0 Å². The van der Waals surface area contributed by atoms with Gasteiger partial charge in [0.2, 0.25) is 0 Å². The van der Waals surface area contributed by atoms with Crippen LogP contribution in [0.1, 0.15) is 28.4 Å². The van der Waals surface area contributed by atoms with Gasteiger partial charge in [-0.05, 0) is 31.5 Å². The number of H-pyrrole nitrogens is 1. The molecule has 1 N–H and O–H groups in total. The number of nitrogens with one attached hydrogen (secondary N) is 1. The molecule has 4 nitrogen and oxygen atoms in total. The Morgan fingerprint density at radius 2 is 2.19 bits per heavy atom. The lowest BCUT2D eigenvalue weighted by Crippen LogP contribution is -2.09. The quantitative estimate of drug-likeness (QED) is 0.692. The predicted molar refractivity (Wildman–Crippen MR) is 82.5 cm³/mol. The maximum Gasteiger partial charge on any atom is 0.340 e. The van der Waals surface area contributed by atoms with E-state index in [-0.39, 0.29) is 12.2 Å². The fourth-order valence-electron chi connectivity index (χ4n) is 2.01. The minimum atomic E-state index is -0.475. The lowest BCUT2D eigenvalue weighted by molar-refractivity contribution is 0.0527. The zero-order chi connectivity index (χ0) is 15.4. The minimum absolute atomic E-state index is 0.254. The molecule has 0 aliphatic rings. The normalized spacial score (nSPS) is 9.95. The second-order valence-electron chi connectivity index (χ2n) is 4.50. The van der Waals surface area contributed by atoms with E-state index in [4.69, 9.17) is 22.2 Å². The Balaban J connectivity index is 2.69. The first-order chi connectivity index (χ1) is 10.1. The van der Waals surface area contributed by atoms with Crippen LogP contribution in [-0.4, -0.2) is 17.6 Å². The van der Waals surface area contributed by atoms with Crippen molar-refractivity contribution in [3.8, 4) is 17.3 Å². The molecule has 0 radical (unpaired) electrons. The number of benzene rings is 1. The Labute approximate surface area is 128 Å². The van der Waals surface area contributed by atoms with Crippen molar-refractivity contribution in [2.45, 2.75) is 13.8 Å². The monoisotopic (exact) mass is 298 g/mol. The summed E-state index contributed by atoms with van der Waals surface area (Å²) in [6, 6.07) is 11.1. The van der Waals surface area contributed by atoms with Crippen LogP contribution in [0.15, 0.2) is 30.3 Å². The van der Waals surface area contributed by atoms with Crippen molar-refractivity contribution in [3.05, 3.63) is 51.7 Å². The van der Waals surface area contributed by atoms with Crippen molar-refractivity contribution in [1.82, 2.24) is 4.98 Å². The van der Waals surface area contributed by atoms with Gasteiger partial charge in [0, 0.05) is 0 Å². The van der Waals surface area contributed by atoms with Crippen LogP contribution in [0.5, 0.6) is 0 Å². The molecule has 1 aromatic carbocycles. The van der Waals surface area contributed by atoms with Crippen molar-refractivity contribution in [2.24, 2.45) is 0 Å². The first kappa shape index (κ1) is 14.9. The number of hydrogen-bond donors (Lipinski definition) is 1. The van der Waals surface area contributed by atoms with Gasteiger partial charge in [0.25, 0.3) is 0 Å². The maximum absolute atomic E-state index is 12.1. The van der Waals surface area contributed by atoms with Crippen LogP contribution < -0.4 is 0 Å². The summed E-state index contributed by atoms with van der Waals surface area (Å²) in [5.74, 6) is -0.475. The van der Waals surface area contributed by atoms with E-state index in [1.54, 1.807) is 6.92 Å². The van der Waals surface area contributed by atoms with Crippen LogP contribution in [0, 0.1) is 22.9 Å². The third-order valence-electron chi connectivity index (χ3n) is 2.96. The molecule has 0 bridgehead atoms. The zero-order valence-electron chi connectivity index (χ0n) is 11.8. The number of ether oxygens (including phenoxy) is 1. The number of aromatic nitrogens is 1. The van der Waals surface area contributed by atoms with Crippen LogP contribution in [0.4, 0.5) is 0 Å². The summed E-state index contributed by atoms with van der Waals surface area (Å²) in [6.07, 6.45) is 0. The Kier molecular flexibility index (Phi) is 4.51. The molecule has 0 saturated heterocycles. The van der Waals surface area contributed by atoms with Gasteiger partial charge in [0.15, 0.2) is 0 Å². The van der Waals surface area contributed by atoms with E-state index in [0.717, 1.165) is 11.1 Å². The third-order valence-corrected chi connectivity index (χ3v) is 3.29. The molecule has 0 aliphatic heterocycles. The highest BCUT2D eigenvalue weighted by molar-refractivity contribution is 7.71. The van der Waals surface area contributed by atoms with Gasteiger partial charge in [0.1, 0.15) is 10.7 Å². The lowest BCUT2D eigenvalue weighted by Gasteiger charge is -2.10. The molecule has 0 saturated carbocycles. The lowest BCUT2D eigenvalue weighted by atomic mass is 10.0. The fourth-order valence-corrected chi connectivity index (χ4v) is 2.22. The van der Waals surface area contributed by atoms with E-state index in [2.05, 4.69) is 4.98 Å². The summed E-state index contributed by atoms with van der Waals surface area (Å²) in [5, 5.41) is 9.07. The van der Waals surface area contributed by atoms with Crippen LogP contribution >= 0.6 is 12.2 Å². The number of carbonyl (C=O) groups is 1. The van der Waals surface area contributed by atoms with Crippen LogP contribution in [0.3, 0.4) is 0 Å². The summed E-state index contributed by atoms with van der Waals surface area (Å²) in [7, 11) is 0. The molecule has 0 atom stereocenters. The molecule has 0 unspecified atom stereocenters. The Hall–Kier alpha value is -2.45. The average molecular weight is 298 g/mol. The maximum atomic E-state index is 12.1. The molecule has 1 aromatic heterocycles. The zero-order valence-corrected chi connectivity index (χ0v) is 12.6. The van der Waals surface area contributed by atoms with Gasteiger partial charge in [-0.1, -0.05) is 36.0 Å². The Bertz CT molecular complexity index is 788. The topological polar surface area (TPSA) is 65.9 Å². The Morgan fingerprint density at radius 1 is 1.43 bits per heavy atom. The number of esters is 1. The summed E-state index contributed by atoms with van der Waals surface area (Å²) in [6.45, 7) is 3.97. The van der Waals surface area contributed by atoms with Crippen LogP contribution in [-0.2, 0) is 4.74 Å². The first-order valence-electron chi connectivity index (χ1n) is 6.48. The van der Waals surface area contributed by atoms with E-state index in [1.165, 1.54) is 6.07 Å². The third kappa shape index (κ3) is 3.18. The highest BCUT2D eigenvalue weighted by Gasteiger charge is 2.16. The highest BCUT2D eigenvalue weighted by Crippen LogP contribution is 2.24. The molecular formula is C16H14N2O2S. The number of rotatable bonds is 3. The van der Waals surface area contributed by atoms with Gasteiger partial charge in [-0.3, -0.25) is 0 Å². The summed E-state index contributed by atoms with van der Waals surface area (Å²) < 4.78 is 5.36. The number of aryl methyl sites for hydroxylation is 1. The molecule has 2 rings (SSSR count). The molecule has 2 aromatic rings. The molecule has 0 aliphatic carbocycles. The fraction of sp³-hybridized carbons (Fsp3) is 0.188. The minimum Gasteiger partial charge on any atom is -0.462 e. The molecule has 0 amide bonds. The van der Waals surface area contributed by atoms with Crippen molar-refractivity contribution in [3.63, 3.8) is 0 Å². The standard InChI is InChI=1S/C16H14N2O2S/c1-3-20-16(19)13-8-12(9-17)15(21)18-14(13)11-6-4-5-10(2)7-11/h4-8H,3H2,1-2H3,(H,18,21). The smallest absolute Gasteiger partial charge is 0.340 e. The van der Waals surface area contributed by atoms with Gasteiger partial charge in [-0.2, -0.15) is 5.26 Å². The number of carbonyl (C=O) groups excluding carboxylic acids is 1. The largest absolute Gasteiger partial charge is 0.462 e. The molecule has 5 heteroatoms. The van der Waals surface area contributed by atoms with E-state index in [9.17, 15) is 4.79 Å². The van der Waals surface area contributed by atoms with Crippen molar-refractivity contribution < 1.29 is 9.53 Å². The van der Waals surface area contributed by atoms with Gasteiger partial charge >= 0.3 is 5.97 Å². The Morgan fingerprint density at radius 3 is 2.81 bits per heavy atom. The summed E-state index contributed by atoms with van der Waals surface area (Å²) >= 11 is 5.15. The second-order valence-corrected chi connectivity index (χ2v) is 4.91. The van der Waals surface area contributed by atoms with Gasteiger partial charge in [0.05, 0.1) is 23.4 Å². The van der Waals surface area contributed by atoms with Crippen molar-refractivity contribution >= 4 is 18.2 Å². The number of nitrogens with zero attached hydrogens (tertiary/aromatic N) is 1. The predicted octanol–water partition coefficient (Wildman–Crippen LogP) is 3.77. The molecule has 21 heavy (non-hydrogen) atoms. The summed E-state index contributed by atoms with van der Waals surface area (Å²) in [4.78, 5) is 15.1. The van der Waals surface area contributed by atoms with E-state index >= 15 is 0 Å². The SMILES string of the molecule is CCOC(=O)c1cc(C#N)c(=S)[nH]c1-c1cccc(C)c1. The summed E-state index contributed by atoms with van der Waals surface area (Å²) in [5.41, 5.74) is 3.03. The number of hydrogen-bond acceptors (Lipinski definition) is 4. The number of pyridine rings is 1. The van der Waals surface area contributed by atoms with Crippen LogP contribution in [0.25, 0.3) is 11.3 Å². The van der Waals surface area contributed by atoms with E-state index < -0.39 is 5.97 Å².